The zero-order valence-electron chi connectivity index (χ0n) is 11.0. The lowest BCUT2D eigenvalue weighted by molar-refractivity contribution is 0.627. The highest BCUT2D eigenvalue weighted by Crippen LogP contribution is 2.07. The average molecular weight is 261 g/mol. The summed E-state index contributed by atoms with van der Waals surface area (Å²) in [6, 6.07) is 8.00. The largest absolute Gasteiger partial charge is 0.383 e. The van der Waals surface area contributed by atoms with Crippen molar-refractivity contribution in [2.24, 2.45) is 0 Å². The maximum Gasteiger partial charge on any atom is 0.348 e. The molecule has 0 aliphatic carbocycles. The van der Waals surface area contributed by atoms with Crippen molar-refractivity contribution >= 4 is 5.69 Å². The third-order valence-corrected chi connectivity index (χ3v) is 2.86. The molecule has 2 rings (SSSR count). The van der Waals surface area contributed by atoms with Crippen molar-refractivity contribution in [1.29, 1.82) is 0 Å². The molecule has 0 aliphatic rings. The molecule has 0 saturated heterocycles. The normalized spacial score (nSPS) is 10.5. The minimum Gasteiger partial charge on any atom is -0.383 e. The third-order valence-electron chi connectivity index (χ3n) is 2.86. The minimum absolute atomic E-state index is 0.238. The first kappa shape index (κ1) is 13.3. The van der Waals surface area contributed by atoms with Crippen LogP contribution >= 0.6 is 0 Å². The fourth-order valence-corrected chi connectivity index (χ4v) is 1.93. The van der Waals surface area contributed by atoms with Crippen molar-refractivity contribution in [3.63, 3.8) is 0 Å². The summed E-state index contributed by atoms with van der Waals surface area (Å²) in [5.41, 5.74) is 2.20. The van der Waals surface area contributed by atoms with E-state index in [0.29, 0.717) is 13.1 Å². The molecule has 0 fully saturated rings. The van der Waals surface area contributed by atoms with Gasteiger partial charge in [-0.05, 0) is 44.2 Å². The van der Waals surface area contributed by atoms with Gasteiger partial charge in [0.15, 0.2) is 0 Å². The van der Waals surface area contributed by atoms with E-state index in [0.717, 1.165) is 17.1 Å². The summed E-state index contributed by atoms with van der Waals surface area (Å²) in [5, 5.41) is 3.14. The number of halogens is 1. The van der Waals surface area contributed by atoms with Crippen LogP contribution in [0.5, 0.6) is 0 Å². The van der Waals surface area contributed by atoms with Gasteiger partial charge in [-0.2, -0.15) is 4.98 Å². The molecule has 0 atom stereocenters. The first-order valence-corrected chi connectivity index (χ1v) is 6.11. The zero-order valence-corrected chi connectivity index (χ0v) is 11.0. The topological polar surface area (TPSA) is 46.9 Å². The van der Waals surface area contributed by atoms with Gasteiger partial charge in [-0.15, -0.1) is 0 Å². The van der Waals surface area contributed by atoms with Crippen LogP contribution in [-0.4, -0.2) is 16.1 Å². The van der Waals surface area contributed by atoms with Gasteiger partial charge in [0.2, 0.25) is 0 Å². The smallest absolute Gasteiger partial charge is 0.348 e. The van der Waals surface area contributed by atoms with Crippen molar-refractivity contribution in [2.75, 3.05) is 11.9 Å². The number of aromatic nitrogens is 2. The van der Waals surface area contributed by atoms with Crippen LogP contribution in [0.3, 0.4) is 0 Å². The molecule has 5 heteroatoms. The van der Waals surface area contributed by atoms with E-state index in [1.165, 1.54) is 12.1 Å². The summed E-state index contributed by atoms with van der Waals surface area (Å²) >= 11 is 0. The van der Waals surface area contributed by atoms with Crippen molar-refractivity contribution in [3.8, 4) is 0 Å². The van der Waals surface area contributed by atoms with Gasteiger partial charge in [-0.3, -0.25) is 4.57 Å². The van der Waals surface area contributed by atoms with Crippen molar-refractivity contribution in [1.82, 2.24) is 9.55 Å². The van der Waals surface area contributed by atoms with Crippen LogP contribution in [-0.2, 0) is 6.54 Å². The van der Waals surface area contributed by atoms with E-state index in [4.69, 9.17) is 0 Å². The molecule has 0 saturated carbocycles. The van der Waals surface area contributed by atoms with Gasteiger partial charge in [0.1, 0.15) is 5.82 Å². The maximum absolute atomic E-state index is 12.7. The van der Waals surface area contributed by atoms with Gasteiger partial charge in [0.25, 0.3) is 0 Å². The van der Waals surface area contributed by atoms with Gasteiger partial charge < -0.3 is 5.32 Å². The lowest BCUT2D eigenvalue weighted by Gasteiger charge is -2.11. The Balaban J connectivity index is 2.00. The fourth-order valence-electron chi connectivity index (χ4n) is 1.93. The minimum atomic E-state index is -0.264. The van der Waals surface area contributed by atoms with Crippen LogP contribution in [0.15, 0.2) is 35.1 Å². The van der Waals surface area contributed by atoms with E-state index in [-0.39, 0.29) is 11.5 Å². The summed E-state index contributed by atoms with van der Waals surface area (Å²) < 4.78 is 14.4. The van der Waals surface area contributed by atoms with E-state index in [9.17, 15) is 9.18 Å². The van der Waals surface area contributed by atoms with E-state index < -0.39 is 0 Å². The quantitative estimate of drug-likeness (QED) is 0.917. The SMILES string of the molecule is Cc1cc(C)n(CCNc2ccc(F)cc2)c(=O)n1. The van der Waals surface area contributed by atoms with Crippen LogP contribution < -0.4 is 11.0 Å². The Morgan fingerprint density at radius 2 is 1.95 bits per heavy atom. The number of anilines is 1. The Bertz CT molecular complexity index is 620. The van der Waals surface area contributed by atoms with Crippen molar-refractivity contribution in [3.05, 3.63) is 58.0 Å². The van der Waals surface area contributed by atoms with Crippen molar-refractivity contribution in [2.45, 2.75) is 20.4 Å². The van der Waals surface area contributed by atoms with Gasteiger partial charge in [0.05, 0.1) is 0 Å². The monoisotopic (exact) mass is 261 g/mol. The molecule has 0 unspecified atom stereocenters. The van der Waals surface area contributed by atoms with Gasteiger partial charge >= 0.3 is 5.69 Å². The Kier molecular flexibility index (Phi) is 3.94. The first-order chi connectivity index (χ1) is 9.06. The van der Waals surface area contributed by atoms with Crippen LogP contribution in [0.2, 0.25) is 0 Å². The Hall–Kier alpha value is -2.17. The Morgan fingerprint density at radius 1 is 1.26 bits per heavy atom. The number of hydrogen-bond donors (Lipinski definition) is 1. The zero-order chi connectivity index (χ0) is 13.8. The molecule has 100 valence electrons. The summed E-state index contributed by atoms with van der Waals surface area (Å²) in [7, 11) is 0. The molecular formula is C14H16FN3O. The first-order valence-electron chi connectivity index (χ1n) is 6.11. The highest BCUT2D eigenvalue weighted by Gasteiger charge is 2.02. The number of aryl methyl sites for hydroxylation is 2. The van der Waals surface area contributed by atoms with Crippen LogP contribution in [0.25, 0.3) is 0 Å². The molecule has 1 aromatic heterocycles. The third kappa shape index (κ3) is 3.40. The highest BCUT2D eigenvalue weighted by molar-refractivity contribution is 5.42. The summed E-state index contributed by atoms with van der Waals surface area (Å²) in [5.74, 6) is -0.264. The number of nitrogens with zero attached hydrogens (tertiary/aromatic N) is 2. The molecule has 19 heavy (non-hydrogen) atoms. The summed E-state index contributed by atoms with van der Waals surface area (Å²) in [6.07, 6.45) is 0. The van der Waals surface area contributed by atoms with Gasteiger partial charge in [-0.25, -0.2) is 9.18 Å². The van der Waals surface area contributed by atoms with E-state index in [2.05, 4.69) is 10.3 Å². The molecule has 1 N–H and O–H groups in total. The highest BCUT2D eigenvalue weighted by atomic mass is 19.1. The molecule has 1 aromatic carbocycles. The number of hydrogen-bond acceptors (Lipinski definition) is 3. The number of benzene rings is 1. The van der Waals surface area contributed by atoms with Crippen LogP contribution in [0, 0.1) is 19.7 Å². The van der Waals surface area contributed by atoms with Crippen molar-refractivity contribution < 1.29 is 4.39 Å². The molecule has 4 nitrogen and oxygen atoms in total. The second kappa shape index (κ2) is 5.65. The predicted octanol–water partition coefficient (Wildman–Crippen LogP) is 2.11. The Morgan fingerprint density at radius 3 is 2.58 bits per heavy atom. The molecule has 0 bridgehead atoms. The average Bonchev–Trinajstić information content (AvgIpc) is 2.34. The predicted molar refractivity (Wildman–Crippen MR) is 72.9 cm³/mol. The second-order valence-electron chi connectivity index (χ2n) is 4.41. The molecule has 2 aromatic rings. The van der Waals surface area contributed by atoms with Crippen LogP contribution in [0.1, 0.15) is 11.4 Å². The molecule has 1 heterocycles. The van der Waals surface area contributed by atoms with Crippen LogP contribution in [0.4, 0.5) is 10.1 Å². The molecule has 0 aliphatic heterocycles. The standard InChI is InChI=1S/C14H16FN3O/c1-10-9-11(2)18(14(19)17-10)8-7-16-13-5-3-12(15)4-6-13/h3-6,9,16H,7-8H2,1-2H3. The Labute approximate surface area is 110 Å². The number of rotatable bonds is 4. The summed E-state index contributed by atoms with van der Waals surface area (Å²) in [4.78, 5) is 15.6. The summed E-state index contributed by atoms with van der Waals surface area (Å²) in [6.45, 7) is 4.79. The molecular weight excluding hydrogens is 245 g/mol. The fraction of sp³-hybridized carbons (Fsp3) is 0.286. The van der Waals surface area contributed by atoms with Gasteiger partial charge in [-0.1, -0.05) is 0 Å². The van der Waals surface area contributed by atoms with E-state index >= 15 is 0 Å². The molecule has 0 radical (unpaired) electrons. The molecule has 0 spiro atoms. The van der Waals surface area contributed by atoms with Gasteiger partial charge in [0, 0.05) is 30.2 Å². The van der Waals surface area contributed by atoms with E-state index in [1.54, 1.807) is 23.6 Å². The lowest BCUT2D eigenvalue weighted by atomic mass is 10.3. The maximum atomic E-state index is 12.7. The second-order valence-corrected chi connectivity index (χ2v) is 4.41. The molecule has 0 amide bonds. The van der Waals surface area contributed by atoms with E-state index in [1.807, 2.05) is 13.0 Å². The number of nitrogens with one attached hydrogen (secondary N) is 1. The lowest BCUT2D eigenvalue weighted by Crippen LogP contribution is -2.28.